The van der Waals surface area contributed by atoms with Crippen molar-refractivity contribution in [3.63, 3.8) is 0 Å². The molecule has 110 valence electrons. The van der Waals surface area contributed by atoms with Crippen LogP contribution in [0.4, 0.5) is 0 Å². The van der Waals surface area contributed by atoms with Crippen LogP contribution in [0, 0.1) is 18.8 Å². The van der Waals surface area contributed by atoms with Crippen LogP contribution in [0.1, 0.15) is 31.4 Å². The van der Waals surface area contributed by atoms with Crippen LogP contribution in [0.2, 0.25) is 0 Å². The Hall–Kier alpha value is -1.35. The first-order valence-corrected chi connectivity index (χ1v) is 7.69. The maximum atomic E-state index is 12.1. The van der Waals surface area contributed by atoms with E-state index in [9.17, 15) is 4.79 Å². The lowest BCUT2D eigenvalue weighted by Gasteiger charge is -2.31. The molecule has 1 unspecified atom stereocenters. The highest BCUT2D eigenvalue weighted by atomic mass is 16.2. The molecule has 3 heteroatoms. The van der Waals surface area contributed by atoms with E-state index in [2.05, 4.69) is 38.2 Å². The maximum absolute atomic E-state index is 12.1. The summed E-state index contributed by atoms with van der Waals surface area (Å²) in [6.45, 7) is 10.2. The van der Waals surface area contributed by atoms with Crippen LogP contribution in [-0.4, -0.2) is 25.5 Å². The molecule has 1 aliphatic rings. The number of quaternary nitrogens is 1. The van der Waals surface area contributed by atoms with Crippen molar-refractivity contribution >= 4 is 5.91 Å². The first kappa shape index (κ1) is 15.0. The van der Waals surface area contributed by atoms with Gasteiger partial charge >= 0.3 is 0 Å². The fourth-order valence-corrected chi connectivity index (χ4v) is 3.36. The summed E-state index contributed by atoms with van der Waals surface area (Å²) in [5.74, 6) is 1.64. The summed E-state index contributed by atoms with van der Waals surface area (Å²) in [7, 11) is 0. The van der Waals surface area contributed by atoms with E-state index >= 15 is 0 Å². The van der Waals surface area contributed by atoms with Gasteiger partial charge in [-0.2, -0.15) is 0 Å². The zero-order valence-electron chi connectivity index (χ0n) is 12.9. The van der Waals surface area contributed by atoms with E-state index < -0.39 is 0 Å². The number of hydrogen-bond donors (Lipinski definition) is 2. The lowest BCUT2D eigenvalue weighted by molar-refractivity contribution is -0.904. The summed E-state index contributed by atoms with van der Waals surface area (Å²) >= 11 is 0. The summed E-state index contributed by atoms with van der Waals surface area (Å²) in [5.41, 5.74) is 2.44. The number of carbonyl (C=O) groups excluding carboxylic acids is 1. The molecule has 3 atom stereocenters. The van der Waals surface area contributed by atoms with Crippen molar-refractivity contribution in [1.82, 2.24) is 5.32 Å². The van der Waals surface area contributed by atoms with Gasteiger partial charge in [0.1, 0.15) is 0 Å². The van der Waals surface area contributed by atoms with Gasteiger partial charge in [-0.05, 0) is 24.5 Å². The molecule has 1 saturated heterocycles. The van der Waals surface area contributed by atoms with E-state index in [1.807, 2.05) is 12.1 Å². The standard InChI is InChI=1S/C17H26N2O/c1-13-8-14(2)11-19(10-13)12-17(20)18-9-16-7-5-4-6-15(16)3/h4-7,13-14H,8-12H2,1-3H3,(H,18,20)/p+1/t13-,14+. The van der Waals surface area contributed by atoms with E-state index in [4.69, 9.17) is 0 Å². The van der Waals surface area contributed by atoms with Gasteiger partial charge in [-0.3, -0.25) is 4.79 Å². The number of benzene rings is 1. The van der Waals surface area contributed by atoms with Crippen molar-refractivity contribution < 1.29 is 9.69 Å². The highest BCUT2D eigenvalue weighted by Gasteiger charge is 2.26. The maximum Gasteiger partial charge on any atom is 0.275 e. The fourth-order valence-electron chi connectivity index (χ4n) is 3.36. The van der Waals surface area contributed by atoms with Gasteiger partial charge < -0.3 is 10.2 Å². The van der Waals surface area contributed by atoms with E-state index in [0.29, 0.717) is 13.1 Å². The summed E-state index contributed by atoms with van der Waals surface area (Å²) in [6.07, 6.45) is 1.30. The van der Waals surface area contributed by atoms with Crippen LogP contribution >= 0.6 is 0 Å². The molecule has 1 aromatic carbocycles. The van der Waals surface area contributed by atoms with Crippen LogP contribution in [-0.2, 0) is 11.3 Å². The molecule has 2 rings (SSSR count). The molecule has 1 heterocycles. The molecule has 0 aromatic heterocycles. The van der Waals surface area contributed by atoms with E-state index in [0.717, 1.165) is 24.9 Å². The largest absolute Gasteiger partial charge is 0.347 e. The molecule has 1 aromatic rings. The Bertz CT molecular complexity index is 448. The summed E-state index contributed by atoms with van der Waals surface area (Å²) < 4.78 is 0. The molecule has 1 amide bonds. The van der Waals surface area contributed by atoms with Crippen molar-refractivity contribution in [3.8, 4) is 0 Å². The topological polar surface area (TPSA) is 33.5 Å². The molecule has 0 bridgehead atoms. The Balaban J connectivity index is 1.79. The molecule has 0 radical (unpaired) electrons. The van der Waals surface area contributed by atoms with Crippen LogP contribution in [0.15, 0.2) is 24.3 Å². The van der Waals surface area contributed by atoms with E-state index in [1.54, 1.807) is 0 Å². The Morgan fingerprint density at radius 1 is 1.25 bits per heavy atom. The van der Waals surface area contributed by atoms with Gasteiger partial charge in [0.25, 0.3) is 5.91 Å². The third-order valence-electron chi connectivity index (χ3n) is 4.23. The molecule has 0 spiro atoms. The lowest BCUT2D eigenvalue weighted by atomic mass is 9.92. The molecular formula is C17H27N2O+. The van der Waals surface area contributed by atoms with Crippen molar-refractivity contribution in [3.05, 3.63) is 35.4 Å². The number of piperidine rings is 1. The minimum atomic E-state index is 0.171. The second kappa shape index (κ2) is 6.89. The van der Waals surface area contributed by atoms with Gasteiger partial charge in [-0.15, -0.1) is 0 Å². The van der Waals surface area contributed by atoms with Crippen molar-refractivity contribution in [2.75, 3.05) is 19.6 Å². The average Bonchev–Trinajstić information content (AvgIpc) is 2.36. The average molecular weight is 275 g/mol. The first-order valence-electron chi connectivity index (χ1n) is 7.69. The second-order valence-corrected chi connectivity index (χ2v) is 6.48. The van der Waals surface area contributed by atoms with Crippen molar-refractivity contribution in [2.45, 2.75) is 33.7 Å². The smallest absolute Gasteiger partial charge is 0.275 e. The molecule has 1 aliphatic heterocycles. The Morgan fingerprint density at radius 3 is 2.55 bits per heavy atom. The third-order valence-corrected chi connectivity index (χ3v) is 4.23. The predicted octanol–water partition coefficient (Wildman–Crippen LogP) is 1.17. The molecule has 0 saturated carbocycles. The number of nitrogens with one attached hydrogen (secondary N) is 2. The SMILES string of the molecule is Cc1ccccc1CNC(=O)C[NH+]1C[C@H](C)C[C@H](C)C1. The fraction of sp³-hybridized carbons (Fsp3) is 0.588. The number of carbonyl (C=O) groups is 1. The first-order chi connectivity index (χ1) is 9.54. The van der Waals surface area contributed by atoms with Crippen molar-refractivity contribution in [2.24, 2.45) is 11.8 Å². The van der Waals surface area contributed by atoms with Gasteiger partial charge in [0.15, 0.2) is 6.54 Å². The van der Waals surface area contributed by atoms with Gasteiger partial charge in [-0.25, -0.2) is 0 Å². The summed E-state index contributed by atoms with van der Waals surface area (Å²) in [5, 5.41) is 3.06. The van der Waals surface area contributed by atoms with Crippen LogP contribution in [0.5, 0.6) is 0 Å². The Morgan fingerprint density at radius 2 is 1.90 bits per heavy atom. The highest BCUT2D eigenvalue weighted by molar-refractivity contribution is 5.76. The summed E-state index contributed by atoms with van der Waals surface area (Å²) in [6, 6.07) is 8.21. The molecule has 2 N–H and O–H groups in total. The number of aryl methyl sites for hydroxylation is 1. The third kappa shape index (κ3) is 4.34. The van der Waals surface area contributed by atoms with Crippen LogP contribution in [0.25, 0.3) is 0 Å². The molecule has 1 fully saturated rings. The second-order valence-electron chi connectivity index (χ2n) is 6.48. The van der Waals surface area contributed by atoms with Crippen molar-refractivity contribution in [1.29, 1.82) is 0 Å². The highest BCUT2D eigenvalue weighted by Crippen LogP contribution is 2.11. The van der Waals surface area contributed by atoms with Gasteiger partial charge in [-0.1, -0.05) is 38.1 Å². The van der Waals surface area contributed by atoms with E-state index in [1.165, 1.54) is 22.4 Å². The number of amides is 1. The number of likely N-dealkylation sites (tertiary alicyclic amines) is 1. The molecule has 3 nitrogen and oxygen atoms in total. The zero-order valence-corrected chi connectivity index (χ0v) is 12.9. The predicted molar refractivity (Wildman–Crippen MR) is 81.5 cm³/mol. The quantitative estimate of drug-likeness (QED) is 0.850. The lowest BCUT2D eigenvalue weighted by Crippen LogP contribution is -3.15. The number of rotatable bonds is 4. The summed E-state index contributed by atoms with van der Waals surface area (Å²) in [4.78, 5) is 13.5. The van der Waals surface area contributed by atoms with Gasteiger partial charge in [0.2, 0.25) is 0 Å². The minimum Gasteiger partial charge on any atom is -0.347 e. The minimum absolute atomic E-state index is 0.171. The van der Waals surface area contributed by atoms with E-state index in [-0.39, 0.29) is 5.91 Å². The van der Waals surface area contributed by atoms with Crippen LogP contribution in [0.3, 0.4) is 0 Å². The monoisotopic (exact) mass is 275 g/mol. The molecule has 20 heavy (non-hydrogen) atoms. The van der Waals surface area contributed by atoms with Gasteiger partial charge in [0, 0.05) is 18.4 Å². The van der Waals surface area contributed by atoms with Crippen LogP contribution < -0.4 is 10.2 Å². The Kier molecular flexibility index (Phi) is 5.18. The molecule has 0 aliphatic carbocycles. The molecular weight excluding hydrogens is 248 g/mol. The Labute approximate surface area is 122 Å². The number of hydrogen-bond acceptors (Lipinski definition) is 1. The zero-order chi connectivity index (χ0) is 14.5. The van der Waals surface area contributed by atoms with Gasteiger partial charge in [0.05, 0.1) is 13.1 Å². The normalized spacial score (nSPS) is 26.2.